The van der Waals surface area contributed by atoms with E-state index in [-0.39, 0.29) is 11.3 Å². The van der Waals surface area contributed by atoms with Crippen LogP contribution in [0.3, 0.4) is 0 Å². The Morgan fingerprint density at radius 3 is 2.76 bits per heavy atom. The Kier molecular flexibility index (Phi) is 7.49. The fourth-order valence-corrected chi connectivity index (χ4v) is 3.99. The van der Waals surface area contributed by atoms with Crippen LogP contribution in [0.15, 0.2) is 24.3 Å². The normalized spacial score (nSPS) is 24.2. The number of rotatable bonds is 8. The highest BCUT2D eigenvalue weighted by Crippen LogP contribution is 2.39. The molecule has 1 saturated heterocycles. The number of carbonyl (C=O) groups excluding carboxylic acids is 1. The van der Waals surface area contributed by atoms with Crippen molar-refractivity contribution < 1.29 is 4.79 Å². The molecule has 1 N–H and O–H groups in total. The molecule has 3 heteroatoms. The lowest BCUT2D eigenvalue weighted by atomic mass is 9.68. The lowest BCUT2D eigenvalue weighted by molar-refractivity contribution is 0.0954. The van der Waals surface area contributed by atoms with Gasteiger partial charge in [0.05, 0.1) is 0 Å². The summed E-state index contributed by atoms with van der Waals surface area (Å²) in [4.78, 5) is 14.8. The van der Waals surface area contributed by atoms with Gasteiger partial charge < -0.3 is 10.2 Å². The van der Waals surface area contributed by atoms with Crippen LogP contribution in [0.25, 0.3) is 0 Å². The molecule has 0 aliphatic carbocycles. The number of hydrogen-bond acceptors (Lipinski definition) is 2. The monoisotopic (exact) mass is 344 g/mol. The molecule has 0 spiro atoms. The number of piperidine rings is 1. The maximum atomic E-state index is 12.2. The zero-order chi connectivity index (χ0) is 18.3. The van der Waals surface area contributed by atoms with E-state index in [0.29, 0.717) is 12.5 Å². The van der Waals surface area contributed by atoms with Crippen molar-refractivity contribution in [1.82, 2.24) is 10.2 Å². The predicted molar refractivity (Wildman–Crippen MR) is 106 cm³/mol. The zero-order valence-corrected chi connectivity index (χ0v) is 16.6. The number of nitrogens with one attached hydrogen (secondary N) is 1. The smallest absolute Gasteiger partial charge is 0.251 e. The molecular formula is C22H36N2O. The topological polar surface area (TPSA) is 32.3 Å². The molecule has 3 nitrogen and oxygen atoms in total. The number of nitrogens with zero attached hydrogens (tertiary/aromatic N) is 1. The van der Waals surface area contributed by atoms with Crippen molar-refractivity contribution in [2.75, 3.05) is 26.2 Å². The lowest BCUT2D eigenvalue weighted by Gasteiger charge is -2.45. The molecule has 1 aliphatic heterocycles. The van der Waals surface area contributed by atoms with Gasteiger partial charge in [0.1, 0.15) is 0 Å². The Morgan fingerprint density at radius 1 is 1.28 bits per heavy atom. The van der Waals surface area contributed by atoms with Crippen molar-refractivity contribution >= 4 is 5.91 Å². The first-order valence-corrected chi connectivity index (χ1v) is 10.1. The summed E-state index contributed by atoms with van der Waals surface area (Å²) in [5.74, 6) is 0.630. The maximum Gasteiger partial charge on any atom is 0.251 e. The Hall–Kier alpha value is -1.35. The van der Waals surface area contributed by atoms with Crippen LogP contribution in [0.1, 0.15) is 75.7 Å². The number of hydrogen-bond donors (Lipinski definition) is 1. The zero-order valence-electron chi connectivity index (χ0n) is 16.6. The molecule has 2 unspecified atom stereocenters. The van der Waals surface area contributed by atoms with Crippen molar-refractivity contribution in [3.63, 3.8) is 0 Å². The largest absolute Gasteiger partial charge is 0.352 e. The van der Waals surface area contributed by atoms with Gasteiger partial charge in [0.2, 0.25) is 0 Å². The molecule has 0 radical (unpaired) electrons. The highest BCUT2D eigenvalue weighted by molar-refractivity contribution is 5.94. The number of carbonyl (C=O) groups is 1. The van der Waals surface area contributed by atoms with Crippen molar-refractivity contribution in [1.29, 1.82) is 0 Å². The minimum absolute atomic E-state index is 0.0361. The standard InChI is InChI=1S/C22H36N2O/c1-5-7-8-9-14-24-15-13-22(4,18(3)17-24)20-12-10-11-19(16-20)21(25)23-6-2/h10-12,16,18H,5-9,13-15,17H2,1-4H3,(H,23,25). The average molecular weight is 345 g/mol. The quantitative estimate of drug-likeness (QED) is 0.698. The van der Waals surface area contributed by atoms with Crippen molar-refractivity contribution in [2.24, 2.45) is 5.92 Å². The molecule has 0 aromatic heterocycles. The summed E-state index contributed by atoms with van der Waals surface area (Å²) in [6, 6.07) is 8.27. The summed E-state index contributed by atoms with van der Waals surface area (Å²) in [6.07, 6.45) is 6.50. The highest BCUT2D eigenvalue weighted by atomic mass is 16.1. The van der Waals surface area contributed by atoms with E-state index in [4.69, 9.17) is 0 Å². The molecule has 1 aromatic carbocycles. The van der Waals surface area contributed by atoms with E-state index in [1.54, 1.807) is 0 Å². The van der Waals surface area contributed by atoms with E-state index in [1.165, 1.54) is 50.8 Å². The van der Waals surface area contributed by atoms with Crippen molar-refractivity contribution in [3.05, 3.63) is 35.4 Å². The van der Waals surface area contributed by atoms with Crippen molar-refractivity contribution in [2.45, 2.75) is 65.2 Å². The SMILES string of the molecule is CCCCCCN1CCC(C)(c2cccc(C(=O)NCC)c2)C(C)C1. The second kappa shape index (κ2) is 9.38. The van der Waals surface area contributed by atoms with E-state index in [0.717, 1.165) is 12.1 Å². The summed E-state index contributed by atoms with van der Waals surface area (Å²) >= 11 is 0. The van der Waals surface area contributed by atoms with Crippen LogP contribution in [-0.2, 0) is 5.41 Å². The van der Waals surface area contributed by atoms with Gasteiger partial charge in [-0.2, -0.15) is 0 Å². The third-order valence-electron chi connectivity index (χ3n) is 6.02. The number of amides is 1. The van der Waals surface area contributed by atoms with Gasteiger partial charge in [-0.1, -0.05) is 52.2 Å². The minimum atomic E-state index is 0.0361. The van der Waals surface area contributed by atoms with Crippen LogP contribution >= 0.6 is 0 Å². The molecule has 1 amide bonds. The predicted octanol–water partition coefficient (Wildman–Crippen LogP) is 4.62. The first-order chi connectivity index (χ1) is 12.0. The third kappa shape index (κ3) is 5.07. The second-order valence-corrected chi connectivity index (χ2v) is 7.87. The molecule has 1 fully saturated rings. The van der Waals surface area contributed by atoms with Crippen LogP contribution in [0, 0.1) is 5.92 Å². The van der Waals surface area contributed by atoms with Crippen molar-refractivity contribution in [3.8, 4) is 0 Å². The molecule has 25 heavy (non-hydrogen) atoms. The lowest BCUT2D eigenvalue weighted by Crippen LogP contribution is -2.47. The van der Waals surface area contributed by atoms with Crippen LogP contribution in [0.2, 0.25) is 0 Å². The number of likely N-dealkylation sites (tertiary alicyclic amines) is 1. The maximum absolute atomic E-state index is 12.2. The van der Waals surface area contributed by atoms with Crippen LogP contribution in [-0.4, -0.2) is 37.0 Å². The summed E-state index contributed by atoms with van der Waals surface area (Å²) in [7, 11) is 0. The fraction of sp³-hybridized carbons (Fsp3) is 0.682. The number of benzene rings is 1. The van der Waals surface area contributed by atoms with Gasteiger partial charge >= 0.3 is 0 Å². The first-order valence-electron chi connectivity index (χ1n) is 10.1. The second-order valence-electron chi connectivity index (χ2n) is 7.87. The molecule has 2 rings (SSSR count). The summed E-state index contributed by atoms with van der Waals surface area (Å²) in [5, 5.41) is 2.91. The third-order valence-corrected chi connectivity index (χ3v) is 6.02. The van der Waals surface area contributed by atoms with Gasteiger partial charge in [-0.3, -0.25) is 4.79 Å². The van der Waals surface area contributed by atoms with Crippen LogP contribution in [0.4, 0.5) is 0 Å². The van der Waals surface area contributed by atoms with Crippen LogP contribution < -0.4 is 5.32 Å². The number of unbranched alkanes of at least 4 members (excludes halogenated alkanes) is 3. The van der Waals surface area contributed by atoms with E-state index in [9.17, 15) is 4.79 Å². The van der Waals surface area contributed by atoms with Crippen LogP contribution in [0.5, 0.6) is 0 Å². The van der Waals surface area contributed by atoms with E-state index in [1.807, 2.05) is 19.1 Å². The average Bonchev–Trinajstić information content (AvgIpc) is 2.62. The Morgan fingerprint density at radius 2 is 2.08 bits per heavy atom. The fourth-order valence-electron chi connectivity index (χ4n) is 3.99. The van der Waals surface area contributed by atoms with Gasteiger partial charge in [-0.05, 0) is 61.9 Å². The molecule has 140 valence electrons. The Balaban J connectivity index is 2.02. The minimum Gasteiger partial charge on any atom is -0.352 e. The molecular weight excluding hydrogens is 308 g/mol. The first kappa shape index (κ1) is 20.0. The summed E-state index contributed by atoms with van der Waals surface area (Å²) in [5.41, 5.74) is 2.26. The molecule has 1 aromatic rings. The highest BCUT2D eigenvalue weighted by Gasteiger charge is 2.37. The van der Waals surface area contributed by atoms with E-state index in [2.05, 4.69) is 43.1 Å². The summed E-state index contributed by atoms with van der Waals surface area (Å²) in [6.45, 7) is 13.2. The van der Waals surface area contributed by atoms with E-state index < -0.39 is 0 Å². The van der Waals surface area contributed by atoms with Gasteiger partial charge in [0, 0.05) is 18.7 Å². The molecule has 2 atom stereocenters. The molecule has 0 bridgehead atoms. The Labute approximate surface area is 154 Å². The molecule has 1 heterocycles. The van der Waals surface area contributed by atoms with Gasteiger partial charge in [-0.25, -0.2) is 0 Å². The molecule has 1 aliphatic rings. The summed E-state index contributed by atoms with van der Waals surface area (Å²) < 4.78 is 0. The molecule has 0 saturated carbocycles. The van der Waals surface area contributed by atoms with Gasteiger partial charge in [-0.15, -0.1) is 0 Å². The Bertz CT molecular complexity index is 557. The van der Waals surface area contributed by atoms with Gasteiger partial charge in [0.25, 0.3) is 5.91 Å². The van der Waals surface area contributed by atoms with E-state index >= 15 is 0 Å². The van der Waals surface area contributed by atoms with Gasteiger partial charge in [0.15, 0.2) is 0 Å².